The zero-order valence-electron chi connectivity index (χ0n) is 9.53. The number of carbonyl (C=O) groups is 1. The fourth-order valence-corrected chi connectivity index (χ4v) is 1.20. The zero-order chi connectivity index (χ0) is 13.8. The van der Waals surface area contributed by atoms with E-state index in [-0.39, 0.29) is 0 Å². The van der Waals surface area contributed by atoms with E-state index in [1.807, 2.05) is 6.92 Å². The van der Waals surface area contributed by atoms with Gasteiger partial charge in [-0.2, -0.15) is 13.2 Å². The maximum atomic E-state index is 10.6. The molecule has 8 heteroatoms. The van der Waals surface area contributed by atoms with Crippen LogP contribution < -0.4 is 5.32 Å². The molecule has 0 atom stereocenters. The number of hydrogen-bond donors (Lipinski definition) is 2. The molecule has 0 aromatic carbocycles. The van der Waals surface area contributed by atoms with E-state index in [0.717, 1.165) is 18.8 Å². The van der Waals surface area contributed by atoms with Gasteiger partial charge in [0.1, 0.15) is 6.33 Å². The van der Waals surface area contributed by atoms with E-state index < -0.39 is 12.1 Å². The standard InChI is InChI=1S/C8H11N3.C2HF3O2/c1-6-2-8(11-5-10-6)7-3-9-4-7;3-2(4,5)1(6)7/h2,5,7,9H,3-4H2,1H3;(H,6,7). The maximum absolute atomic E-state index is 10.6. The predicted molar refractivity (Wildman–Crippen MR) is 56.1 cm³/mol. The van der Waals surface area contributed by atoms with E-state index >= 15 is 0 Å². The molecule has 0 unspecified atom stereocenters. The monoisotopic (exact) mass is 263 g/mol. The molecule has 1 aromatic heterocycles. The van der Waals surface area contributed by atoms with E-state index in [4.69, 9.17) is 9.90 Å². The number of rotatable bonds is 1. The van der Waals surface area contributed by atoms with Gasteiger partial charge in [0.05, 0.1) is 0 Å². The van der Waals surface area contributed by atoms with Crippen LogP contribution in [0.25, 0.3) is 0 Å². The van der Waals surface area contributed by atoms with Crippen LogP contribution in [0.5, 0.6) is 0 Å². The lowest BCUT2D eigenvalue weighted by molar-refractivity contribution is -0.192. The highest BCUT2D eigenvalue weighted by atomic mass is 19.4. The highest BCUT2D eigenvalue weighted by Crippen LogP contribution is 2.16. The van der Waals surface area contributed by atoms with Crippen molar-refractivity contribution < 1.29 is 23.1 Å². The molecule has 5 nitrogen and oxygen atoms in total. The number of nitrogens with zero attached hydrogens (tertiary/aromatic N) is 2. The van der Waals surface area contributed by atoms with Crippen LogP contribution in [0.2, 0.25) is 0 Å². The minimum Gasteiger partial charge on any atom is -0.475 e. The first-order valence-electron chi connectivity index (χ1n) is 5.10. The Kier molecular flexibility index (Phi) is 4.60. The molecule has 1 saturated heterocycles. The number of alkyl halides is 3. The van der Waals surface area contributed by atoms with Crippen LogP contribution in [-0.2, 0) is 4.79 Å². The van der Waals surface area contributed by atoms with Crippen molar-refractivity contribution in [1.29, 1.82) is 0 Å². The molecule has 1 aliphatic heterocycles. The lowest BCUT2D eigenvalue weighted by Crippen LogP contribution is -2.40. The zero-order valence-corrected chi connectivity index (χ0v) is 9.53. The lowest BCUT2D eigenvalue weighted by atomic mass is 9.99. The Morgan fingerprint density at radius 2 is 2.00 bits per heavy atom. The molecule has 0 bridgehead atoms. The Morgan fingerprint density at radius 1 is 1.44 bits per heavy atom. The summed E-state index contributed by atoms with van der Waals surface area (Å²) in [6, 6.07) is 2.06. The SMILES string of the molecule is Cc1cc(C2CNC2)ncn1.O=C(O)C(F)(F)F. The summed E-state index contributed by atoms with van der Waals surface area (Å²) in [7, 11) is 0. The number of carboxylic acid groups (broad SMARTS) is 1. The summed E-state index contributed by atoms with van der Waals surface area (Å²) < 4.78 is 31.7. The highest BCUT2D eigenvalue weighted by molar-refractivity contribution is 5.73. The van der Waals surface area contributed by atoms with Crippen molar-refractivity contribution in [2.45, 2.75) is 19.0 Å². The number of carboxylic acids is 1. The van der Waals surface area contributed by atoms with Crippen LogP contribution in [-0.4, -0.2) is 40.3 Å². The molecule has 2 heterocycles. The van der Waals surface area contributed by atoms with Gasteiger partial charge in [0.15, 0.2) is 0 Å². The summed E-state index contributed by atoms with van der Waals surface area (Å²) in [5.41, 5.74) is 2.23. The number of hydrogen-bond acceptors (Lipinski definition) is 4. The predicted octanol–water partition coefficient (Wildman–Crippen LogP) is 1.11. The van der Waals surface area contributed by atoms with Crippen molar-refractivity contribution in [2.24, 2.45) is 0 Å². The van der Waals surface area contributed by atoms with Gasteiger partial charge in [-0.3, -0.25) is 0 Å². The summed E-state index contributed by atoms with van der Waals surface area (Å²) in [6.45, 7) is 4.13. The third kappa shape index (κ3) is 4.28. The van der Waals surface area contributed by atoms with E-state index in [0.29, 0.717) is 5.92 Å². The second-order valence-electron chi connectivity index (χ2n) is 3.74. The van der Waals surface area contributed by atoms with E-state index in [1.165, 1.54) is 5.69 Å². The molecule has 0 spiro atoms. The minimum absolute atomic E-state index is 0.622. The highest BCUT2D eigenvalue weighted by Gasteiger charge is 2.38. The van der Waals surface area contributed by atoms with Crippen molar-refractivity contribution >= 4 is 5.97 Å². The smallest absolute Gasteiger partial charge is 0.475 e. The normalized spacial score (nSPS) is 15.3. The van der Waals surface area contributed by atoms with Crippen LogP contribution >= 0.6 is 0 Å². The van der Waals surface area contributed by atoms with E-state index in [2.05, 4.69) is 21.4 Å². The van der Waals surface area contributed by atoms with Crippen LogP contribution in [0.15, 0.2) is 12.4 Å². The average Bonchev–Trinajstić information content (AvgIpc) is 2.14. The first-order valence-corrected chi connectivity index (χ1v) is 5.10. The summed E-state index contributed by atoms with van der Waals surface area (Å²) in [5.74, 6) is -2.13. The first kappa shape index (κ1) is 14.4. The van der Waals surface area contributed by atoms with E-state index in [1.54, 1.807) is 6.33 Å². The fraction of sp³-hybridized carbons (Fsp3) is 0.500. The Morgan fingerprint density at radius 3 is 2.33 bits per heavy atom. The maximum Gasteiger partial charge on any atom is 0.490 e. The molecular formula is C10H12F3N3O2. The molecule has 1 fully saturated rings. The molecule has 0 radical (unpaired) electrons. The Bertz CT molecular complexity index is 419. The lowest BCUT2D eigenvalue weighted by Gasteiger charge is -2.26. The van der Waals surface area contributed by atoms with Crippen molar-refractivity contribution in [3.8, 4) is 0 Å². The van der Waals surface area contributed by atoms with Crippen LogP contribution in [0.4, 0.5) is 13.2 Å². The van der Waals surface area contributed by atoms with Gasteiger partial charge >= 0.3 is 12.1 Å². The first-order chi connectivity index (χ1) is 8.30. The quantitative estimate of drug-likeness (QED) is 0.793. The van der Waals surface area contributed by atoms with Gasteiger partial charge in [0, 0.05) is 30.4 Å². The van der Waals surface area contributed by atoms with Crippen molar-refractivity contribution in [1.82, 2.24) is 15.3 Å². The number of aliphatic carboxylic acids is 1. The summed E-state index contributed by atoms with van der Waals surface area (Å²) >= 11 is 0. The van der Waals surface area contributed by atoms with Gasteiger partial charge in [0.25, 0.3) is 0 Å². The van der Waals surface area contributed by atoms with Gasteiger partial charge in [-0.25, -0.2) is 14.8 Å². The Hall–Kier alpha value is -1.70. The number of nitrogens with one attached hydrogen (secondary N) is 1. The van der Waals surface area contributed by atoms with Gasteiger partial charge < -0.3 is 10.4 Å². The molecule has 0 amide bonds. The molecule has 2 N–H and O–H groups in total. The van der Waals surface area contributed by atoms with Crippen LogP contribution in [0.1, 0.15) is 17.3 Å². The molecule has 1 aliphatic rings. The second kappa shape index (κ2) is 5.76. The molecule has 2 rings (SSSR count). The molecule has 0 saturated carbocycles. The van der Waals surface area contributed by atoms with Crippen molar-refractivity contribution in [2.75, 3.05) is 13.1 Å². The minimum atomic E-state index is -5.08. The molecule has 0 aliphatic carbocycles. The molecule has 100 valence electrons. The third-order valence-electron chi connectivity index (χ3n) is 2.27. The summed E-state index contributed by atoms with van der Waals surface area (Å²) in [5, 5.41) is 10.3. The Balaban J connectivity index is 0.000000203. The summed E-state index contributed by atoms with van der Waals surface area (Å²) in [4.78, 5) is 17.2. The van der Waals surface area contributed by atoms with Crippen LogP contribution in [0.3, 0.4) is 0 Å². The topological polar surface area (TPSA) is 75.1 Å². The number of aromatic nitrogens is 2. The number of aryl methyl sites for hydroxylation is 1. The number of halogens is 3. The average molecular weight is 263 g/mol. The second-order valence-corrected chi connectivity index (χ2v) is 3.74. The van der Waals surface area contributed by atoms with Gasteiger partial charge in [-0.05, 0) is 13.0 Å². The third-order valence-corrected chi connectivity index (χ3v) is 2.27. The Labute approximate surface area is 101 Å². The fourth-order valence-electron chi connectivity index (χ4n) is 1.20. The molecule has 18 heavy (non-hydrogen) atoms. The molecule has 1 aromatic rings. The van der Waals surface area contributed by atoms with Gasteiger partial charge in [-0.15, -0.1) is 0 Å². The molecular weight excluding hydrogens is 251 g/mol. The van der Waals surface area contributed by atoms with E-state index in [9.17, 15) is 13.2 Å². The van der Waals surface area contributed by atoms with Crippen molar-refractivity contribution in [3.63, 3.8) is 0 Å². The van der Waals surface area contributed by atoms with Gasteiger partial charge in [0.2, 0.25) is 0 Å². The van der Waals surface area contributed by atoms with Crippen molar-refractivity contribution in [3.05, 3.63) is 23.8 Å². The summed E-state index contributed by atoms with van der Waals surface area (Å²) in [6.07, 6.45) is -3.44. The van der Waals surface area contributed by atoms with Crippen LogP contribution in [0, 0.1) is 6.92 Å². The van der Waals surface area contributed by atoms with Gasteiger partial charge in [-0.1, -0.05) is 0 Å². The largest absolute Gasteiger partial charge is 0.490 e.